The van der Waals surface area contributed by atoms with Crippen molar-refractivity contribution in [2.75, 3.05) is 39.6 Å². The van der Waals surface area contributed by atoms with Gasteiger partial charge in [0.1, 0.15) is 19.3 Å². The number of unbranched alkanes of at least 4 members (excludes halogenated alkanes) is 31. The quantitative estimate of drug-likeness (QED) is 0.0169. The van der Waals surface area contributed by atoms with Crippen LogP contribution in [0.15, 0.2) is 24.3 Å². The molecule has 0 aliphatic rings. The highest BCUT2D eigenvalue weighted by Crippen LogP contribution is 2.45. The molecule has 0 amide bonds. The van der Waals surface area contributed by atoms with E-state index in [0.29, 0.717) is 37.5 Å². The maximum Gasteiger partial charge on any atom is 0.472 e. The second-order valence-corrected chi connectivity index (χ2v) is 28.9. The Hall–Kier alpha value is -2.46. The van der Waals surface area contributed by atoms with Gasteiger partial charge in [-0.3, -0.25) is 37.3 Å². The van der Waals surface area contributed by atoms with Crippen LogP contribution in [0.5, 0.6) is 0 Å². The highest BCUT2D eigenvalue weighted by atomic mass is 31.2. The normalized spacial score (nSPS) is 14.4. The third-order valence-corrected chi connectivity index (χ3v) is 17.4. The van der Waals surface area contributed by atoms with Crippen molar-refractivity contribution in [1.29, 1.82) is 0 Å². The van der Waals surface area contributed by atoms with Crippen molar-refractivity contribution >= 4 is 39.5 Å². The molecule has 0 rings (SSSR count). The number of hydrogen-bond acceptors (Lipinski definition) is 15. The second-order valence-electron chi connectivity index (χ2n) is 26.0. The zero-order valence-corrected chi connectivity index (χ0v) is 59.2. The first-order valence-corrected chi connectivity index (χ1v) is 38.7. The summed E-state index contributed by atoms with van der Waals surface area (Å²) < 4.78 is 68.2. The first-order chi connectivity index (χ1) is 42.7. The van der Waals surface area contributed by atoms with Crippen LogP contribution in [-0.4, -0.2) is 96.7 Å². The van der Waals surface area contributed by atoms with Gasteiger partial charge in [0.15, 0.2) is 12.2 Å². The fraction of sp³-hybridized carbons (Fsp3) is 0.886. The van der Waals surface area contributed by atoms with Crippen LogP contribution in [0.25, 0.3) is 0 Å². The molecule has 0 saturated heterocycles. The number of aliphatic hydroxyl groups excluding tert-OH is 1. The van der Waals surface area contributed by atoms with Crippen molar-refractivity contribution in [2.45, 2.75) is 343 Å². The lowest BCUT2D eigenvalue weighted by atomic mass is 10.0. The van der Waals surface area contributed by atoms with E-state index in [4.69, 9.17) is 37.0 Å². The van der Waals surface area contributed by atoms with E-state index in [1.54, 1.807) is 0 Å². The van der Waals surface area contributed by atoms with Gasteiger partial charge in [-0.15, -0.1) is 0 Å². The summed E-state index contributed by atoms with van der Waals surface area (Å²) in [6.07, 6.45) is 46.9. The van der Waals surface area contributed by atoms with Gasteiger partial charge >= 0.3 is 39.5 Å². The summed E-state index contributed by atoms with van der Waals surface area (Å²) in [6.45, 7) is 11.6. The average Bonchev–Trinajstić information content (AvgIpc) is 3.58. The zero-order chi connectivity index (χ0) is 65.9. The number of esters is 4. The molecule has 0 bridgehead atoms. The number of rotatable bonds is 66. The maximum atomic E-state index is 13.0. The molecule has 0 aliphatic carbocycles. The SMILES string of the molecule is CCCCCC/C=C\C=C/CCCCCCCC(=O)O[C@H](COC(=O)CCCCCCCCC(C)C)COP(=O)(O)OC[C@H](O)COP(=O)(O)OC[C@@H](COC(=O)CCCCCCCCCC(C)C)OC(=O)CCCCCCCCCCCCCCC(C)C. The number of phosphoric acid groups is 2. The summed E-state index contributed by atoms with van der Waals surface area (Å²) in [5.74, 6) is -0.00583. The minimum atomic E-state index is -4.96. The molecule has 524 valence electrons. The number of carbonyl (C=O) groups excluding carboxylic acids is 4. The first kappa shape index (κ1) is 86.5. The minimum Gasteiger partial charge on any atom is -0.462 e. The molecule has 0 aromatic rings. The van der Waals surface area contributed by atoms with Crippen molar-refractivity contribution in [3.8, 4) is 0 Å². The predicted molar refractivity (Wildman–Crippen MR) is 358 cm³/mol. The topological polar surface area (TPSA) is 237 Å². The molecule has 0 fully saturated rings. The molecule has 0 saturated carbocycles. The second kappa shape index (κ2) is 60.5. The van der Waals surface area contributed by atoms with Crippen molar-refractivity contribution in [2.24, 2.45) is 17.8 Å². The number of aliphatic hydroxyl groups is 1. The van der Waals surface area contributed by atoms with Crippen molar-refractivity contribution < 1.29 is 80.2 Å². The number of allylic oxidation sites excluding steroid dienone is 4. The Morgan fingerprint density at radius 2 is 0.607 bits per heavy atom. The van der Waals surface area contributed by atoms with Crippen LogP contribution in [0.2, 0.25) is 0 Å². The molecule has 0 heterocycles. The Morgan fingerprint density at radius 3 is 0.910 bits per heavy atom. The number of carbonyl (C=O) groups is 4. The maximum absolute atomic E-state index is 13.0. The standard InChI is InChI=1S/C70H132O17P2/c1-8-9-10-11-12-13-14-15-16-17-21-24-29-39-46-53-70(75)87-66(58-81-68(73)52-45-38-33-32-36-43-50-63(6)7)60-85-89(78,79)83-56-64(71)55-82-88(76,77)84-59-65(57-80-67(72)51-44-37-31-26-28-35-42-49-62(4)5)86-69(74)54-47-40-30-25-22-19-18-20-23-27-34-41-48-61(2)3/h13-16,61-66,71H,8-12,17-60H2,1-7H3,(H,76,77)(H,78,79)/b14-13-,16-15-/t64-,65-,66-/m1/s1. The van der Waals surface area contributed by atoms with Crippen LogP contribution in [0, 0.1) is 17.8 Å². The predicted octanol–water partition coefficient (Wildman–Crippen LogP) is 19.4. The van der Waals surface area contributed by atoms with E-state index in [2.05, 4.69) is 72.8 Å². The lowest BCUT2D eigenvalue weighted by Crippen LogP contribution is -2.30. The van der Waals surface area contributed by atoms with Crippen LogP contribution >= 0.6 is 15.6 Å². The van der Waals surface area contributed by atoms with Crippen LogP contribution in [0.1, 0.15) is 325 Å². The van der Waals surface area contributed by atoms with Gasteiger partial charge in [0.2, 0.25) is 0 Å². The fourth-order valence-corrected chi connectivity index (χ4v) is 11.6. The largest absolute Gasteiger partial charge is 0.472 e. The third kappa shape index (κ3) is 64.1. The molecule has 89 heavy (non-hydrogen) atoms. The van der Waals surface area contributed by atoms with Crippen molar-refractivity contribution in [3.63, 3.8) is 0 Å². The molecule has 0 aromatic heterocycles. The molecule has 5 atom stereocenters. The van der Waals surface area contributed by atoms with E-state index in [9.17, 15) is 43.2 Å². The highest BCUT2D eigenvalue weighted by molar-refractivity contribution is 7.47. The Kier molecular flexibility index (Phi) is 58.8. The Labute approximate surface area is 542 Å². The number of ether oxygens (including phenoxy) is 4. The van der Waals surface area contributed by atoms with E-state index in [-0.39, 0.29) is 25.7 Å². The van der Waals surface area contributed by atoms with Crippen molar-refractivity contribution in [3.05, 3.63) is 24.3 Å². The van der Waals surface area contributed by atoms with E-state index >= 15 is 0 Å². The molecule has 0 spiro atoms. The summed E-state index contributed by atoms with van der Waals surface area (Å²) >= 11 is 0. The lowest BCUT2D eigenvalue weighted by Gasteiger charge is -2.21. The first-order valence-electron chi connectivity index (χ1n) is 35.7. The van der Waals surface area contributed by atoms with Crippen LogP contribution < -0.4 is 0 Å². The molecule has 2 unspecified atom stereocenters. The summed E-state index contributed by atoms with van der Waals surface area (Å²) in [5, 5.41) is 10.6. The van der Waals surface area contributed by atoms with Gasteiger partial charge in [0.05, 0.1) is 26.4 Å². The van der Waals surface area contributed by atoms with Gasteiger partial charge in [0, 0.05) is 25.7 Å². The van der Waals surface area contributed by atoms with Gasteiger partial charge in [-0.1, -0.05) is 272 Å². The van der Waals surface area contributed by atoms with E-state index in [1.165, 1.54) is 109 Å². The Bertz CT molecular complexity index is 1840. The van der Waals surface area contributed by atoms with Crippen LogP contribution in [0.3, 0.4) is 0 Å². The molecule has 0 radical (unpaired) electrons. The molecule has 19 heteroatoms. The van der Waals surface area contributed by atoms with Gasteiger partial charge in [0.25, 0.3) is 0 Å². The van der Waals surface area contributed by atoms with E-state index in [1.807, 2.05) is 0 Å². The summed E-state index contributed by atoms with van der Waals surface area (Å²) in [5.41, 5.74) is 0. The van der Waals surface area contributed by atoms with Gasteiger partial charge in [-0.2, -0.15) is 0 Å². The molecule has 0 aromatic carbocycles. The fourth-order valence-electron chi connectivity index (χ4n) is 10.0. The minimum absolute atomic E-state index is 0.0834. The smallest absolute Gasteiger partial charge is 0.462 e. The van der Waals surface area contributed by atoms with E-state index in [0.717, 1.165) is 121 Å². The summed E-state index contributed by atoms with van der Waals surface area (Å²) in [4.78, 5) is 72.4. The van der Waals surface area contributed by atoms with Crippen LogP contribution in [-0.2, 0) is 65.4 Å². The highest BCUT2D eigenvalue weighted by Gasteiger charge is 2.30. The molecule has 3 N–H and O–H groups in total. The summed E-state index contributed by atoms with van der Waals surface area (Å²) in [6, 6.07) is 0. The van der Waals surface area contributed by atoms with Gasteiger partial charge < -0.3 is 33.8 Å². The zero-order valence-electron chi connectivity index (χ0n) is 57.4. The molecular formula is C70H132O17P2. The Balaban J connectivity index is 5.27. The lowest BCUT2D eigenvalue weighted by molar-refractivity contribution is -0.161. The monoisotopic (exact) mass is 1310 g/mol. The molecular weight excluding hydrogens is 1170 g/mol. The van der Waals surface area contributed by atoms with E-state index < -0.39 is 97.5 Å². The number of phosphoric ester groups is 2. The molecule has 0 aliphatic heterocycles. The molecule has 17 nitrogen and oxygen atoms in total. The third-order valence-electron chi connectivity index (χ3n) is 15.5. The Morgan fingerprint density at radius 1 is 0.348 bits per heavy atom. The van der Waals surface area contributed by atoms with Gasteiger partial charge in [-0.05, 0) is 69.1 Å². The van der Waals surface area contributed by atoms with Crippen molar-refractivity contribution in [1.82, 2.24) is 0 Å². The summed E-state index contributed by atoms with van der Waals surface area (Å²) in [7, 11) is -9.91. The number of hydrogen-bond donors (Lipinski definition) is 3. The van der Waals surface area contributed by atoms with Gasteiger partial charge in [-0.25, -0.2) is 9.13 Å². The average molecular weight is 1310 g/mol. The van der Waals surface area contributed by atoms with Crippen LogP contribution in [0.4, 0.5) is 0 Å².